The molecule has 2 heterocycles. The molecule has 2 aliphatic rings. The molecule has 1 aromatic rings. The molecule has 9 heteroatoms. The van der Waals surface area contributed by atoms with Crippen LogP contribution >= 0.6 is 0 Å². The summed E-state index contributed by atoms with van der Waals surface area (Å²) in [6.45, 7) is 3.74. The fourth-order valence-corrected chi connectivity index (χ4v) is 4.26. The number of morpholine rings is 1. The van der Waals surface area contributed by atoms with Crippen molar-refractivity contribution in [1.82, 2.24) is 9.62 Å². The molecule has 1 aromatic carbocycles. The van der Waals surface area contributed by atoms with Crippen LogP contribution in [0.5, 0.6) is 0 Å². The fourth-order valence-electron chi connectivity index (χ4n) is 3.23. The molecule has 8 nitrogen and oxygen atoms in total. The van der Waals surface area contributed by atoms with E-state index < -0.39 is 10.0 Å². The van der Waals surface area contributed by atoms with Crippen molar-refractivity contribution in [1.29, 1.82) is 0 Å². The number of hydrogen-bond donors (Lipinski definition) is 1. The second-order valence-electron chi connectivity index (χ2n) is 6.38. The van der Waals surface area contributed by atoms with Crippen molar-refractivity contribution < 1.29 is 22.7 Å². The number of ether oxygens (including phenoxy) is 1. The number of aryl methyl sites for hydroxylation is 1. The summed E-state index contributed by atoms with van der Waals surface area (Å²) in [6, 6.07) is 4.72. The van der Waals surface area contributed by atoms with Gasteiger partial charge < -0.3 is 14.5 Å². The third-order valence-electron chi connectivity index (χ3n) is 4.64. The first-order valence-corrected chi connectivity index (χ1v) is 10.1. The number of carbonyl (C=O) groups excluding carboxylic acids is 2. The molecule has 0 radical (unpaired) electrons. The molecule has 0 atom stereocenters. The van der Waals surface area contributed by atoms with E-state index in [0.29, 0.717) is 32.8 Å². The molecule has 1 fully saturated rings. The molecule has 2 aliphatic heterocycles. The Kier molecular flexibility index (Phi) is 5.59. The van der Waals surface area contributed by atoms with Gasteiger partial charge in [0.15, 0.2) is 0 Å². The molecule has 3 rings (SSSR count). The van der Waals surface area contributed by atoms with Crippen LogP contribution in [-0.4, -0.2) is 64.5 Å². The summed E-state index contributed by atoms with van der Waals surface area (Å²) in [7, 11) is -3.80. The summed E-state index contributed by atoms with van der Waals surface area (Å²) in [5.74, 6) is -0.326. The number of nitrogens with one attached hydrogen (secondary N) is 1. The highest BCUT2D eigenvalue weighted by atomic mass is 32.2. The van der Waals surface area contributed by atoms with Crippen LogP contribution < -0.4 is 9.62 Å². The third-order valence-corrected chi connectivity index (χ3v) is 6.04. The van der Waals surface area contributed by atoms with E-state index in [1.165, 1.54) is 13.0 Å². The summed E-state index contributed by atoms with van der Waals surface area (Å²) < 4.78 is 32.6. The number of amides is 2. The molecule has 0 unspecified atom stereocenters. The van der Waals surface area contributed by atoms with Crippen LogP contribution in [-0.2, 0) is 30.8 Å². The quantitative estimate of drug-likeness (QED) is 0.799. The lowest BCUT2D eigenvalue weighted by atomic mass is 10.0. The topological polar surface area (TPSA) is 96.0 Å². The predicted octanol–water partition coefficient (Wildman–Crippen LogP) is 0.123. The lowest BCUT2D eigenvalue weighted by molar-refractivity contribution is -0.133. The summed E-state index contributed by atoms with van der Waals surface area (Å²) in [5.41, 5.74) is 1.58. The fraction of sp³-hybridized carbons (Fsp3) is 0.529. The molecule has 26 heavy (non-hydrogen) atoms. The third kappa shape index (κ3) is 4.05. The van der Waals surface area contributed by atoms with Crippen LogP contribution in [0, 0.1) is 0 Å². The van der Waals surface area contributed by atoms with Gasteiger partial charge in [0.1, 0.15) is 0 Å². The smallest absolute Gasteiger partial charge is 0.241 e. The van der Waals surface area contributed by atoms with Crippen molar-refractivity contribution in [3.63, 3.8) is 0 Å². The highest BCUT2D eigenvalue weighted by Crippen LogP contribution is 2.29. The standard InChI is InChI=1S/C17H23N3O5S/c1-13(21)20-6-2-3-14-11-15(4-5-16(14)20)26(23,24)18-12-17(22)19-7-9-25-10-8-19/h4-5,11,18H,2-3,6-10,12H2,1H3. The second kappa shape index (κ2) is 7.73. The van der Waals surface area contributed by atoms with E-state index in [4.69, 9.17) is 4.74 Å². The molecule has 142 valence electrons. The number of rotatable bonds is 4. The molecule has 0 spiro atoms. The van der Waals surface area contributed by atoms with Gasteiger partial charge in [0.25, 0.3) is 0 Å². The van der Waals surface area contributed by atoms with Crippen LogP contribution in [0.3, 0.4) is 0 Å². The Bertz CT molecular complexity index is 803. The zero-order valence-corrected chi connectivity index (χ0v) is 15.5. The summed E-state index contributed by atoms with van der Waals surface area (Å²) in [4.78, 5) is 27.2. The van der Waals surface area contributed by atoms with Crippen LogP contribution in [0.15, 0.2) is 23.1 Å². The monoisotopic (exact) mass is 381 g/mol. The van der Waals surface area contributed by atoms with E-state index in [2.05, 4.69) is 4.72 Å². The maximum atomic E-state index is 12.5. The summed E-state index contributed by atoms with van der Waals surface area (Å²) >= 11 is 0. The molecule has 1 saturated heterocycles. The van der Waals surface area contributed by atoms with Crippen molar-refractivity contribution in [3.8, 4) is 0 Å². The molecule has 0 aromatic heterocycles. The number of sulfonamides is 1. The zero-order valence-electron chi connectivity index (χ0n) is 14.7. The highest BCUT2D eigenvalue weighted by molar-refractivity contribution is 7.89. The minimum atomic E-state index is -3.80. The number of hydrogen-bond acceptors (Lipinski definition) is 5. The van der Waals surface area contributed by atoms with Crippen molar-refractivity contribution in [2.24, 2.45) is 0 Å². The molecular weight excluding hydrogens is 358 g/mol. The SMILES string of the molecule is CC(=O)N1CCCc2cc(S(=O)(=O)NCC(=O)N3CCOCC3)ccc21. The largest absolute Gasteiger partial charge is 0.378 e. The van der Waals surface area contributed by atoms with Gasteiger partial charge in [-0.05, 0) is 36.6 Å². The predicted molar refractivity (Wildman–Crippen MR) is 95.4 cm³/mol. The lowest BCUT2D eigenvalue weighted by Gasteiger charge is -2.29. The maximum Gasteiger partial charge on any atom is 0.241 e. The van der Waals surface area contributed by atoms with E-state index in [1.54, 1.807) is 21.9 Å². The summed E-state index contributed by atoms with van der Waals surface area (Å²) in [5, 5.41) is 0. The number of carbonyl (C=O) groups is 2. The minimum absolute atomic E-state index is 0.0595. The number of anilines is 1. The lowest BCUT2D eigenvalue weighted by Crippen LogP contribution is -2.45. The Morgan fingerprint density at radius 2 is 1.92 bits per heavy atom. The minimum Gasteiger partial charge on any atom is -0.378 e. The first-order valence-electron chi connectivity index (χ1n) is 8.65. The first-order chi connectivity index (χ1) is 12.4. The van der Waals surface area contributed by atoms with Gasteiger partial charge in [-0.15, -0.1) is 0 Å². The second-order valence-corrected chi connectivity index (χ2v) is 8.15. The number of nitrogens with zero attached hydrogens (tertiary/aromatic N) is 2. The number of fused-ring (bicyclic) bond motifs is 1. The molecule has 1 N–H and O–H groups in total. The van der Waals surface area contributed by atoms with Gasteiger partial charge in [-0.3, -0.25) is 9.59 Å². The van der Waals surface area contributed by atoms with Gasteiger partial charge in [0.2, 0.25) is 21.8 Å². The van der Waals surface area contributed by atoms with Crippen molar-refractivity contribution in [2.45, 2.75) is 24.7 Å². The van der Waals surface area contributed by atoms with Crippen molar-refractivity contribution in [3.05, 3.63) is 23.8 Å². The molecule has 0 aliphatic carbocycles. The van der Waals surface area contributed by atoms with Gasteiger partial charge in [-0.1, -0.05) is 0 Å². The van der Waals surface area contributed by atoms with Crippen LogP contribution in [0.4, 0.5) is 5.69 Å². The van der Waals surface area contributed by atoms with Gasteiger partial charge in [-0.25, -0.2) is 13.1 Å². The molecule has 0 saturated carbocycles. The highest BCUT2D eigenvalue weighted by Gasteiger charge is 2.24. The maximum absolute atomic E-state index is 12.5. The Morgan fingerprint density at radius 1 is 1.19 bits per heavy atom. The van der Waals surface area contributed by atoms with Gasteiger partial charge >= 0.3 is 0 Å². The average Bonchev–Trinajstić information content (AvgIpc) is 2.65. The molecular formula is C17H23N3O5S. The Balaban J connectivity index is 1.71. The Labute approximate surface area is 153 Å². The van der Waals surface area contributed by atoms with E-state index in [0.717, 1.165) is 24.1 Å². The van der Waals surface area contributed by atoms with Crippen LogP contribution in [0.2, 0.25) is 0 Å². The van der Waals surface area contributed by atoms with Gasteiger partial charge in [0, 0.05) is 32.2 Å². The van der Waals surface area contributed by atoms with Crippen molar-refractivity contribution in [2.75, 3.05) is 44.3 Å². The normalized spacial score (nSPS) is 17.7. The van der Waals surface area contributed by atoms with Crippen molar-refractivity contribution >= 4 is 27.5 Å². The van der Waals surface area contributed by atoms with Gasteiger partial charge in [-0.2, -0.15) is 0 Å². The average molecular weight is 381 g/mol. The Morgan fingerprint density at radius 3 is 2.62 bits per heavy atom. The van der Waals surface area contributed by atoms with Crippen LogP contribution in [0.1, 0.15) is 18.9 Å². The van der Waals surface area contributed by atoms with E-state index in [-0.39, 0.29) is 23.3 Å². The molecule has 0 bridgehead atoms. The van der Waals surface area contributed by atoms with E-state index in [1.807, 2.05) is 0 Å². The zero-order chi connectivity index (χ0) is 18.7. The summed E-state index contributed by atoms with van der Waals surface area (Å²) in [6.07, 6.45) is 1.51. The Hall–Kier alpha value is -1.97. The van der Waals surface area contributed by atoms with E-state index in [9.17, 15) is 18.0 Å². The molecule has 2 amide bonds. The number of benzene rings is 1. The van der Waals surface area contributed by atoms with Crippen LogP contribution in [0.25, 0.3) is 0 Å². The van der Waals surface area contributed by atoms with E-state index >= 15 is 0 Å². The van der Waals surface area contributed by atoms with Gasteiger partial charge in [0.05, 0.1) is 24.7 Å². The first kappa shape index (κ1) is 18.8.